The van der Waals surface area contributed by atoms with Crippen LogP contribution in [0.4, 0.5) is 0 Å². The molecule has 0 aliphatic heterocycles. The van der Waals surface area contributed by atoms with Crippen molar-refractivity contribution in [2.45, 2.75) is 0 Å². The van der Waals surface area contributed by atoms with Crippen LogP contribution in [0.25, 0.3) is 21.8 Å². The fourth-order valence-electron chi connectivity index (χ4n) is 1.76. The SMILES string of the molecule is Clc1cc2c(cn1)[nH]c1c(Br)cccc12. The van der Waals surface area contributed by atoms with E-state index >= 15 is 0 Å². The molecule has 0 fully saturated rings. The number of nitrogens with zero attached hydrogens (tertiary/aromatic N) is 1. The largest absolute Gasteiger partial charge is 0.352 e. The fourth-order valence-corrected chi connectivity index (χ4v) is 2.39. The van der Waals surface area contributed by atoms with Gasteiger partial charge < -0.3 is 4.98 Å². The Hall–Kier alpha value is -1.06. The number of halogens is 2. The van der Waals surface area contributed by atoms with Crippen molar-refractivity contribution in [2.24, 2.45) is 0 Å². The highest BCUT2D eigenvalue weighted by Gasteiger charge is 2.06. The van der Waals surface area contributed by atoms with Crippen molar-refractivity contribution < 1.29 is 0 Å². The van der Waals surface area contributed by atoms with Gasteiger partial charge in [-0.1, -0.05) is 23.7 Å². The van der Waals surface area contributed by atoms with Crippen LogP contribution < -0.4 is 0 Å². The van der Waals surface area contributed by atoms with Crippen LogP contribution in [0.5, 0.6) is 0 Å². The van der Waals surface area contributed by atoms with Crippen LogP contribution in [0.3, 0.4) is 0 Å². The topological polar surface area (TPSA) is 28.7 Å². The second-order valence-corrected chi connectivity index (χ2v) is 4.58. The van der Waals surface area contributed by atoms with E-state index in [0.717, 1.165) is 26.3 Å². The molecule has 0 saturated heterocycles. The molecule has 74 valence electrons. The summed E-state index contributed by atoms with van der Waals surface area (Å²) >= 11 is 9.39. The molecular weight excluding hydrogens is 275 g/mol. The average molecular weight is 282 g/mol. The average Bonchev–Trinajstić information content (AvgIpc) is 2.58. The van der Waals surface area contributed by atoms with Gasteiger partial charge in [0.15, 0.2) is 0 Å². The molecule has 2 aromatic heterocycles. The Morgan fingerprint density at radius 2 is 2.13 bits per heavy atom. The number of rotatable bonds is 0. The molecule has 1 aromatic carbocycles. The zero-order valence-corrected chi connectivity index (χ0v) is 9.93. The maximum Gasteiger partial charge on any atom is 0.129 e. The molecule has 0 unspecified atom stereocenters. The van der Waals surface area contributed by atoms with Gasteiger partial charge in [-0.2, -0.15) is 0 Å². The highest BCUT2D eigenvalue weighted by molar-refractivity contribution is 9.10. The summed E-state index contributed by atoms with van der Waals surface area (Å²) in [5, 5.41) is 2.78. The third kappa shape index (κ3) is 1.34. The lowest BCUT2D eigenvalue weighted by Gasteiger charge is -1.92. The molecule has 0 saturated carbocycles. The maximum absolute atomic E-state index is 5.88. The Bertz CT molecular complexity index is 660. The molecule has 3 rings (SSSR count). The monoisotopic (exact) mass is 280 g/mol. The number of nitrogens with one attached hydrogen (secondary N) is 1. The number of pyridine rings is 1. The van der Waals surface area contributed by atoms with Crippen LogP contribution in [-0.2, 0) is 0 Å². The van der Waals surface area contributed by atoms with Gasteiger partial charge in [0.05, 0.1) is 17.2 Å². The minimum atomic E-state index is 0.517. The van der Waals surface area contributed by atoms with Crippen molar-refractivity contribution in [3.8, 4) is 0 Å². The van der Waals surface area contributed by atoms with E-state index < -0.39 is 0 Å². The standard InChI is InChI=1S/C11H6BrClN2/c12-8-3-1-2-6-7-4-10(13)14-5-9(7)15-11(6)8/h1-5,15H. The number of fused-ring (bicyclic) bond motifs is 3. The molecule has 1 N–H and O–H groups in total. The van der Waals surface area contributed by atoms with Gasteiger partial charge in [-0.15, -0.1) is 0 Å². The highest BCUT2D eigenvalue weighted by Crippen LogP contribution is 2.30. The molecule has 0 amide bonds. The van der Waals surface area contributed by atoms with Gasteiger partial charge >= 0.3 is 0 Å². The number of hydrogen-bond acceptors (Lipinski definition) is 1. The minimum absolute atomic E-state index is 0.517. The van der Waals surface area contributed by atoms with E-state index in [4.69, 9.17) is 11.6 Å². The van der Waals surface area contributed by atoms with Crippen molar-refractivity contribution >= 4 is 49.3 Å². The molecule has 0 aliphatic carbocycles. The van der Waals surface area contributed by atoms with Gasteiger partial charge in [0.25, 0.3) is 0 Å². The lowest BCUT2D eigenvalue weighted by molar-refractivity contribution is 1.35. The predicted molar refractivity (Wildman–Crippen MR) is 66.3 cm³/mol. The van der Waals surface area contributed by atoms with Crippen LogP contribution in [0, 0.1) is 0 Å². The van der Waals surface area contributed by atoms with Gasteiger partial charge in [0.1, 0.15) is 5.15 Å². The van der Waals surface area contributed by atoms with Gasteiger partial charge in [0.2, 0.25) is 0 Å². The molecule has 2 nitrogen and oxygen atoms in total. The van der Waals surface area contributed by atoms with Gasteiger partial charge in [-0.05, 0) is 28.1 Å². The molecule has 15 heavy (non-hydrogen) atoms. The van der Waals surface area contributed by atoms with Crippen LogP contribution in [0.2, 0.25) is 5.15 Å². The summed E-state index contributed by atoms with van der Waals surface area (Å²) in [6.07, 6.45) is 1.75. The fraction of sp³-hybridized carbons (Fsp3) is 0. The van der Waals surface area contributed by atoms with Crippen molar-refractivity contribution in [3.63, 3.8) is 0 Å². The highest BCUT2D eigenvalue weighted by atomic mass is 79.9. The molecular formula is C11H6BrClN2. The van der Waals surface area contributed by atoms with Crippen LogP contribution in [-0.4, -0.2) is 9.97 Å². The molecule has 2 heterocycles. The summed E-state index contributed by atoms with van der Waals surface area (Å²) < 4.78 is 1.05. The van der Waals surface area contributed by atoms with E-state index in [-0.39, 0.29) is 0 Å². The molecule has 0 atom stereocenters. The number of hydrogen-bond donors (Lipinski definition) is 1. The summed E-state index contributed by atoms with van der Waals surface area (Å²) in [6.45, 7) is 0. The van der Waals surface area contributed by atoms with E-state index in [1.54, 1.807) is 6.20 Å². The quantitative estimate of drug-likeness (QED) is 0.617. The van der Waals surface area contributed by atoms with E-state index in [2.05, 4.69) is 32.0 Å². The zero-order chi connectivity index (χ0) is 10.4. The van der Waals surface area contributed by atoms with Gasteiger partial charge in [-0.3, -0.25) is 0 Å². The molecule has 0 spiro atoms. The van der Waals surface area contributed by atoms with Crippen molar-refractivity contribution in [1.82, 2.24) is 9.97 Å². The maximum atomic E-state index is 5.88. The molecule has 0 bridgehead atoms. The van der Waals surface area contributed by atoms with E-state index in [9.17, 15) is 0 Å². The summed E-state index contributed by atoms with van der Waals surface area (Å²) in [4.78, 5) is 7.36. The second kappa shape index (κ2) is 3.22. The summed E-state index contributed by atoms with van der Waals surface area (Å²) in [5.41, 5.74) is 2.08. The number of H-pyrrole nitrogens is 1. The minimum Gasteiger partial charge on any atom is -0.352 e. The van der Waals surface area contributed by atoms with E-state index in [1.807, 2.05) is 18.2 Å². The number of benzene rings is 1. The first-order valence-electron chi connectivity index (χ1n) is 4.47. The Kier molecular flexibility index (Phi) is 1.97. The van der Waals surface area contributed by atoms with E-state index in [0.29, 0.717) is 5.15 Å². The molecule has 4 heteroatoms. The smallest absolute Gasteiger partial charge is 0.129 e. The van der Waals surface area contributed by atoms with Crippen molar-refractivity contribution in [3.05, 3.63) is 40.1 Å². The summed E-state index contributed by atoms with van der Waals surface area (Å²) in [7, 11) is 0. The van der Waals surface area contributed by atoms with E-state index in [1.165, 1.54) is 0 Å². The van der Waals surface area contributed by atoms with Crippen LogP contribution in [0.1, 0.15) is 0 Å². The van der Waals surface area contributed by atoms with Crippen molar-refractivity contribution in [1.29, 1.82) is 0 Å². The van der Waals surface area contributed by atoms with Crippen LogP contribution >= 0.6 is 27.5 Å². The van der Waals surface area contributed by atoms with Gasteiger partial charge in [-0.25, -0.2) is 4.98 Å². The summed E-state index contributed by atoms with van der Waals surface area (Å²) in [6, 6.07) is 7.96. The first-order valence-corrected chi connectivity index (χ1v) is 5.64. The lowest BCUT2D eigenvalue weighted by Crippen LogP contribution is -1.73. The number of aromatic amines is 1. The predicted octanol–water partition coefficient (Wildman–Crippen LogP) is 4.13. The molecule has 3 aromatic rings. The second-order valence-electron chi connectivity index (χ2n) is 3.34. The number of para-hydroxylation sites is 1. The first kappa shape index (κ1) is 9.19. The Morgan fingerprint density at radius 1 is 1.27 bits per heavy atom. The number of aromatic nitrogens is 2. The van der Waals surface area contributed by atoms with Crippen molar-refractivity contribution in [2.75, 3.05) is 0 Å². The molecule has 0 radical (unpaired) electrons. The third-order valence-electron chi connectivity index (χ3n) is 2.43. The Labute approximate surface area is 99.4 Å². The third-order valence-corrected chi connectivity index (χ3v) is 3.30. The Balaban J connectivity index is 2.58. The van der Waals surface area contributed by atoms with Gasteiger partial charge in [0, 0.05) is 15.2 Å². The Morgan fingerprint density at radius 3 is 3.00 bits per heavy atom. The van der Waals surface area contributed by atoms with Crippen LogP contribution in [0.15, 0.2) is 34.9 Å². The normalized spacial score (nSPS) is 11.3. The molecule has 0 aliphatic rings. The lowest BCUT2D eigenvalue weighted by atomic mass is 10.2. The first-order chi connectivity index (χ1) is 7.25. The summed E-state index contributed by atoms with van der Waals surface area (Å²) in [5.74, 6) is 0. The zero-order valence-electron chi connectivity index (χ0n) is 7.59.